The summed E-state index contributed by atoms with van der Waals surface area (Å²) in [5, 5.41) is 12.0. The second-order valence-corrected chi connectivity index (χ2v) is 7.32. The Labute approximate surface area is 145 Å². The number of benzene rings is 1. The molecule has 0 aliphatic carbocycles. The van der Waals surface area contributed by atoms with Crippen LogP contribution in [0.1, 0.15) is 23.2 Å². The summed E-state index contributed by atoms with van der Waals surface area (Å²) in [6, 6.07) is 2.96. The van der Waals surface area contributed by atoms with Crippen molar-refractivity contribution < 1.29 is 23.4 Å². The smallest absolute Gasteiger partial charge is 0.254 e. The third kappa shape index (κ3) is 2.84. The van der Waals surface area contributed by atoms with Crippen LogP contribution in [-0.2, 0) is 4.74 Å². The second-order valence-electron chi connectivity index (χ2n) is 7.32. The van der Waals surface area contributed by atoms with Gasteiger partial charge in [0.15, 0.2) is 0 Å². The van der Waals surface area contributed by atoms with Crippen LogP contribution in [0.15, 0.2) is 18.2 Å². The van der Waals surface area contributed by atoms with E-state index in [0.29, 0.717) is 25.1 Å². The van der Waals surface area contributed by atoms with Crippen LogP contribution in [0.2, 0.25) is 0 Å². The summed E-state index contributed by atoms with van der Waals surface area (Å²) in [5.74, 6) is -1.58. The molecule has 25 heavy (non-hydrogen) atoms. The third-order valence-corrected chi connectivity index (χ3v) is 5.94. The van der Waals surface area contributed by atoms with E-state index in [1.54, 1.807) is 0 Å². The van der Waals surface area contributed by atoms with Gasteiger partial charge in [-0.05, 0) is 25.0 Å². The molecule has 2 N–H and O–H groups in total. The van der Waals surface area contributed by atoms with Gasteiger partial charge in [0.25, 0.3) is 5.91 Å². The zero-order chi connectivity index (χ0) is 17.6. The molecule has 1 spiro atoms. The molecule has 3 fully saturated rings. The maximum Gasteiger partial charge on any atom is 0.254 e. The van der Waals surface area contributed by atoms with E-state index in [9.17, 15) is 13.6 Å². The number of hydrogen-bond donors (Lipinski definition) is 2. The number of nitrogens with zero attached hydrogens (tertiary/aromatic N) is 1. The highest BCUT2D eigenvalue weighted by Crippen LogP contribution is 2.54. The van der Waals surface area contributed by atoms with Crippen molar-refractivity contribution in [3.8, 4) is 0 Å². The summed E-state index contributed by atoms with van der Waals surface area (Å²) in [7, 11) is 0. The van der Waals surface area contributed by atoms with Gasteiger partial charge in [-0.25, -0.2) is 8.78 Å². The number of β-amino-alcohol motifs (C(OH)–C–C–N with tert-alkyl or cyclic N) is 1. The first kappa shape index (κ1) is 16.9. The minimum atomic E-state index is -0.854. The van der Waals surface area contributed by atoms with Crippen molar-refractivity contribution in [3.63, 3.8) is 0 Å². The number of halogens is 2. The number of amides is 1. The number of likely N-dealkylation sites (tertiary alicyclic amines) is 1. The molecule has 3 saturated heterocycles. The molecule has 0 saturated carbocycles. The molecular formula is C18H22F2N2O3. The number of fused-ring (bicyclic) bond motifs is 1. The van der Waals surface area contributed by atoms with E-state index >= 15 is 0 Å². The van der Waals surface area contributed by atoms with Gasteiger partial charge in [0.05, 0.1) is 23.9 Å². The molecule has 4 atom stereocenters. The highest BCUT2D eigenvalue weighted by molar-refractivity contribution is 5.94. The quantitative estimate of drug-likeness (QED) is 0.835. The van der Waals surface area contributed by atoms with Crippen LogP contribution in [0.3, 0.4) is 0 Å². The Balaban J connectivity index is 1.42. The number of carbonyl (C=O) groups is 1. The third-order valence-electron chi connectivity index (χ3n) is 5.94. The van der Waals surface area contributed by atoms with Gasteiger partial charge in [-0.15, -0.1) is 0 Å². The molecule has 4 rings (SSSR count). The zero-order valence-corrected chi connectivity index (χ0v) is 13.9. The van der Waals surface area contributed by atoms with Crippen molar-refractivity contribution >= 4 is 5.91 Å². The van der Waals surface area contributed by atoms with Gasteiger partial charge in [-0.2, -0.15) is 0 Å². The highest BCUT2D eigenvalue weighted by Gasteiger charge is 2.62. The predicted molar refractivity (Wildman–Crippen MR) is 86.0 cm³/mol. The lowest BCUT2D eigenvalue weighted by molar-refractivity contribution is 0.00173. The topological polar surface area (TPSA) is 61.8 Å². The van der Waals surface area contributed by atoms with E-state index in [2.05, 4.69) is 10.2 Å². The van der Waals surface area contributed by atoms with E-state index in [1.807, 2.05) is 0 Å². The first-order valence-electron chi connectivity index (χ1n) is 8.77. The van der Waals surface area contributed by atoms with Crippen molar-refractivity contribution in [1.82, 2.24) is 10.2 Å². The maximum absolute atomic E-state index is 13.7. The van der Waals surface area contributed by atoms with Crippen LogP contribution in [0.5, 0.6) is 0 Å². The lowest BCUT2D eigenvalue weighted by Gasteiger charge is -2.29. The number of aliphatic hydroxyl groups excluding tert-OH is 1. The first-order valence-corrected chi connectivity index (χ1v) is 8.77. The number of hydrogen-bond acceptors (Lipinski definition) is 4. The molecule has 1 aromatic rings. The summed E-state index contributed by atoms with van der Waals surface area (Å²) >= 11 is 0. The average Bonchev–Trinajstić information content (AvgIpc) is 3.20. The average molecular weight is 352 g/mol. The van der Waals surface area contributed by atoms with Crippen molar-refractivity contribution in [3.05, 3.63) is 35.4 Å². The normalized spacial score (nSPS) is 33.6. The molecule has 3 aliphatic heterocycles. The molecule has 0 aromatic heterocycles. The number of aliphatic hydroxyl groups is 1. The molecule has 0 unspecified atom stereocenters. The summed E-state index contributed by atoms with van der Waals surface area (Å²) < 4.78 is 33.0. The van der Waals surface area contributed by atoms with E-state index in [-0.39, 0.29) is 29.8 Å². The van der Waals surface area contributed by atoms with Gasteiger partial charge in [-0.3, -0.25) is 9.69 Å². The van der Waals surface area contributed by atoms with Crippen LogP contribution in [-0.4, -0.2) is 60.4 Å². The molecule has 1 aromatic carbocycles. The Morgan fingerprint density at radius 1 is 1.44 bits per heavy atom. The number of ether oxygens (including phenoxy) is 1. The van der Waals surface area contributed by atoms with Crippen LogP contribution in [0.25, 0.3) is 0 Å². The molecule has 7 heteroatoms. The first-order chi connectivity index (χ1) is 12.0. The Kier molecular flexibility index (Phi) is 4.25. The largest absolute Gasteiger partial charge is 0.395 e. The van der Waals surface area contributed by atoms with Gasteiger partial charge < -0.3 is 15.2 Å². The lowest BCUT2D eigenvalue weighted by atomic mass is 9.73. The van der Waals surface area contributed by atoms with Gasteiger partial charge >= 0.3 is 0 Å². The number of carbonyl (C=O) groups excluding carboxylic acids is 1. The number of nitrogens with one attached hydrogen (secondary N) is 1. The van der Waals surface area contributed by atoms with E-state index in [1.165, 1.54) is 0 Å². The molecule has 2 bridgehead atoms. The fourth-order valence-corrected chi connectivity index (χ4v) is 4.85. The molecule has 136 valence electrons. The fraction of sp³-hybridized carbons (Fsp3) is 0.611. The van der Waals surface area contributed by atoms with Crippen molar-refractivity contribution in [2.75, 3.05) is 32.8 Å². The van der Waals surface area contributed by atoms with Crippen molar-refractivity contribution in [2.45, 2.75) is 24.5 Å². The molecule has 1 amide bonds. The molecule has 3 heterocycles. The van der Waals surface area contributed by atoms with Gasteiger partial charge in [-0.1, -0.05) is 0 Å². The molecule has 3 aliphatic rings. The number of rotatable bonds is 5. The van der Waals surface area contributed by atoms with Crippen LogP contribution in [0, 0.1) is 23.5 Å². The maximum atomic E-state index is 13.7. The van der Waals surface area contributed by atoms with E-state index in [0.717, 1.165) is 38.1 Å². The summed E-state index contributed by atoms with van der Waals surface area (Å²) in [4.78, 5) is 14.4. The SMILES string of the molecule is O=C(NC[C@H]1[C@H]2CN(CCO)C[C@]23CC[C@H]1O3)c1ccc(F)cc1F. The summed E-state index contributed by atoms with van der Waals surface area (Å²) in [6.07, 6.45) is 2.11. The Hall–Kier alpha value is -1.57. The summed E-state index contributed by atoms with van der Waals surface area (Å²) in [6.45, 7) is 2.84. The Morgan fingerprint density at radius 2 is 2.28 bits per heavy atom. The monoisotopic (exact) mass is 352 g/mol. The van der Waals surface area contributed by atoms with Crippen molar-refractivity contribution in [1.29, 1.82) is 0 Å². The predicted octanol–water partition coefficient (Wildman–Crippen LogP) is 1.17. The zero-order valence-electron chi connectivity index (χ0n) is 13.9. The molecule has 5 nitrogen and oxygen atoms in total. The fourth-order valence-electron chi connectivity index (χ4n) is 4.85. The minimum Gasteiger partial charge on any atom is -0.395 e. The van der Waals surface area contributed by atoms with Gasteiger partial charge in [0.1, 0.15) is 11.6 Å². The second kappa shape index (κ2) is 6.30. The molecular weight excluding hydrogens is 330 g/mol. The van der Waals surface area contributed by atoms with Crippen LogP contribution >= 0.6 is 0 Å². The Bertz CT molecular complexity index is 686. The highest BCUT2D eigenvalue weighted by atomic mass is 19.1. The standard InChI is InChI=1S/C18H22F2N2O3/c19-11-1-2-12(15(20)7-11)17(24)21-8-13-14-9-22(5-6-23)10-18(14)4-3-16(13)25-18/h1-2,7,13-14,16,23H,3-6,8-10H2,(H,21,24)/t13-,14+,16+,18+/m0/s1. The van der Waals surface area contributed by atoms with E-state index < -0.39 is 17.5 Å². The van der Waals surface area contributed by atoms with Crippen LogP contribution < -0.4 is 5.32 Å². The Morgan fingerprint density at radius 3 is 3.04 bits per heavy atom. The van der Waals surface area contributed by atoms with Crippen molar-refractivity contribution in [2.24, 2.45) is 11.8 Å². The van der Waals surface area contributed by atoms with Gasteiger partial charge in [0, 0.05) is 44.1 Å². The minimum absolute atomic E-state index is 0.122. The summed E-state index contributed by atoms with van der Waals surface area (Å²) in [5.41, 5.74) is -0.301. The van der Waals surface area contributed by atoms with Gasteiger partial charge in [0.2, 0.25) is 0 Å². The van der Waals surface area contributed by atoms with Crippen LogP contribution in [0.4, 0.5) is 8.78 Å². The van der Waals surface area contributed by atoms with E-state index in [4.69, 9.17) is 9.84 Å². The molecule has 0 radical (unpaired) electrons. The lowest BCUT2D eigenvalue weighted by Crippen LogP contribution is -2.42.